The molecule has 2 aromatic carbocycles. The van der Waals surface area contributed by atoms with Gasteiger partial charge in [-0.25, -0.2) is 0 Å². The third kappa shape index (κ3) is 3.19. The van der Waals surface area contributed by atoms with Crippen LogP contribution < -0.4 is 10.5 Å². The number of benzene rings is 2. The zero-order valence-electron chi connectivity index (χ0n) is 14.6. The molecule has 0 bridgehead atoms. The SMILES string of the molecule is N#Cc1cc(Cl)ccc1O[C@@H]1c2ccccc2C[C@H]1N1CC[C@H](CN)C1. The van der Waals surface area contributed by atoms with Crippen LogP contribution in [0.15, 0.2) is 42.5 Å². The van der Waals surface area contributed by atoms with E-state index in [0.29, 0.717) is 22.3 Å². The number of hydrogen-bond donors (Lipinski definition) is 1. The van der Waals surface area contributed by atoms with Crippen molar-refractivity contribution >= 4 is 11.6 Å². The Morgan fingerprint density at radius 3 is 2.88 bits per heavy atom. The highest BCUT2D eigenvalue weighted by molar-refractivity contribution is 6.30. The molecule has 134 valence electrons. The first-order valence-electron chi connectivity index (χ1n) is 9.08. The maximum absolute atomic E-state index is 9.44. The number of nitrogens with zero attached hydrogens (tertiary/aromatic N) is 2. The van der Waals surface area contributed by atoms with Crippen LogP contribution in [0.4, 0.5) is 0 Å². The van der Waals surface area contributed by atoms with Crippen molar-refractivity contribution in [2.24, 2.45) is 11.7 Å². The van der Waals surface area contributed by atoms with Gasteiger partial charge in [0.15, 0.2) is 0 Å². The van der Waals surface area contributed by atoms with Crippen LogP contribution in [-0.2, 0) is 6.42 Å². The fourth-order valence-corrected chi connectivity index (χ4v) is 4.36. The molecule has 0 aromatic heterocycles. The fraction of sp³-hybridized carbons (Fsp3) is 0.381. The zero-order valence-corrected chi connectivity index (χ0v) is 15.3. The molecule has 4 nitrogen and oxygen atoms in total. The molecule has 1 aliphatic heterocycles. The third-order valence-electron chi connectivity index (χ3n) is 5.58. The molecule has 1 saturated heterocycles. The molecule has 26 heavy (non-hydrogen) atoms. The van der Waals surface area contributed by atoms with E-state index in [1.54, 1.807) is 18.2 Å². The Hall–Kier alpha value is -2.06. The minimum atomic E-state index is -0.0870. The Labute approximate surface area is 159 Å². The van der Waals surface area contributed by atoms with Crippen LogP contribution in [-0.4, -0.2) is 30.6 Å². The molecule has 1 heterocycles. The molecule has 5 heteroatoms. The van der Waals surface area contributed by atoms with Crippen molar-refractivity contribution in [3.8, 4) is 11.8 Å². The molecule has 0 spiro atoms. The summed E-state index contributed by atoms with van der Waals surface area (Å²) in [6.07, 6.45) is 2.02. The number of nitriles is 1. The monoisotopic (exact) mass is 367 g/mol. The highest BCUT2D eigenvalue weighted by atomic mass is 35.5. The maximum Gasteiger partial charge on any atom is 0.140 e. The summed E-state index contributed by atoms with van der Waals surface area (Å²) >= 11 is 6.03. The van der Waals surface area contributed by atoms with Gasteiger partial charge in [0.1, 0.15) is 17.9 Å². The average Bonchev–Trinajstić information content (AvgIpc) is 3.28. The van der Waals surface area contributed by atoms with E-state index in [4.69, 9.17) is 22.1 Å². The topological polar surface area (TPSA) is 62.3 Å². The van der Waals surface area contributed by atoms with Crippen LogP contribution in [0.5, 0.6) is 5.75 Å². The van der Waals surface area contributed by atoms with Crippen LogP contribution >= 0.6 is 11.6 Å². The Morgan fingerprint density at radius 1 is 1.27 bits per heavy atom. The average molecular weight is 368 g/mol. The van der Waals surface area contributed by atoms with Crippen molar-refractivity contribution in [2.45, 2.75) is 25.0 Å². The predicted octanol–water partition coefficient (Wildman–Crippen LogP) is 3.54. The number of nitrogens with two attached hydrogens (primary N) is 1. The van der Waals surface area contributed by atoms with E-state index >= 15 is 0 Å². The van der Waals surface area contributed by atoms with Crippen molar-refractivity contribution in [1.82, 2.24) is 4.90 Å². The van der Waals surface area contributed by atoms with Gasteiger partial charge in [-0.2, -0.15) is 5.26 Å². The highest BCUT2D eigenvalue weighted by Gasteiger charge is 2.40. The van der Waals surface area contributed by atoms with Gasteiger partial charge in [0.05, 0.1) is 11.6 Å². The lowest BCUT2D eigenvalue weighted by atomic mass is 10.1. The van der Waals surface area contributed by atoms with Crippen molar-refractivity contribution in [3.05, 3.63) is 64.2 Å². The minimum absolute atomic E-state index is 0.0870. The van der Waals surface area contributed by atoms with Gasteiger partial charge in [0.25, 0.3) is 0 Å². The highest BCUT2D eigenvalue weighted by Crippen LogP contribution is 2.40. The lowest BCUT2D eigenvalue weighted by molar-refractivity contribution is 0.0915. The van der Waals surface area contributed by atoms with Gasteiger partial charge in [-0.3, -0.25) is 4.90 Å². The standard InChI is InChI=1S/C21H22ClN3O/c22-17-5-6-20(16(9-17)12-24)26-21-18-4-2-1-3-15(18)10-19(21)25-8-7-14(11-23)13-25/h1-6,9,14,19,21H,7-8,10-11,13,23H2/t14-,19-,21-/m1/s1. The van der Waals surface area contributed by atoms with Crippen molar-refractivity contribution < 1.29 is 4.74 Å². The lowest BCUT2D eigenvalue weighted by Gasteiger charge is -2.30. The minimum Gasteiger partial charge on any atom is -0.483 e. The molecule has 0 unspecified atom stereocenters. The lowest BCUT2D eigenvalue weighted by Crippen LogP contribution is -2.39. The van der Waals surface area contributed by atoms with E-state index in [2.05, 4.69) is 35.2 Å². The largest absolute Gasteiger partial charge is 0.483 e. The molecule has 1 aliphatic carbocycles. The van der Waals surface area contributed by atoms with Crippen LogP contribution in [0.25, 0.3) is 0 Å². The second-order valence-electron chi connectivity index (χ2n) is 7.15. The molecule has 3 atom stereocenters. The number of ether oxygens (including phenoxy) is 1. The first-order chi connectivity index (χ1) is 12.7. The van der Waals surface area contributed by atoms with Crippen molar-refractivity contribution in [1.29, 1.82) is 5.26 Å². The maximum atomic E-state index is 9.44. The van der Waals surface area contributed by atoms with Crippen LogP contribution in [0.3, 0.4) is 0 Å². The number of hydrogen-bond acceptors (Lipinski definition) is 4. The molecule has 2 aromatic rings. The van der Waals surface area contributed by atoms with Gasteiger partial charge in [-0.1, -0.05) is 35.9 Å². The van der Waals surface area contributed by atoms with Gasteiger partial charge in [0, 0.05) is 11.6 Å². The summed E-state index contributed by atoms with van der Waals surface area (Å²) in [5.41, 5.74) is 8.90. The molecule has 0 radical (unpaired) electrons. The van der Waals surface area contributed by atoms with Gasteiger partial charge in [-0.05, 0) is 61.2 Å². The van der Waals surface area contributed by atoms with Gasteiger partial charge in [-0.15, -0.1) is 0 Å². The summed E-state index contributed by atoms with van der Waals surface area (Å²) < 4.78 is 6.42. The predicted molar refractivity (Wildman–Crippen MR) is 102 cm³/mol. The summed E-state index contributed by atoms with van der Waals surface area (Å²) in [7, 11) is 0. The Balaban J connectivity index is 1.65. The Kier molecular flexibility index (Phi) is 4.86. The van der Waals surface area contributed by atoms with E-state index in [1.165, 1.54) is 11.1 Å². The van der Waals surface area contributed by atoms with E-state index in [9.17, 15) is 5.26 Å². The molecule has 4 rings (SSSR count). The van der Waals surface area contributed by atoms with Crippen molar-refractivity contribution in [2.75, 3.05) is 19.6 Å². The van der Waals surface area contributed by atoms with E-state index in [-0.39, 0.29) is 12.1 Å². The number of fused-ring (bicyclic) bond motifs is 1. The number of rotatable bonds is 4. The first-order valence-corrected chi connectivity index (χ1v) is 9.45. The Morgan fingerprint density at radius 2 is 2.12 bits per heavy atom. The second kappa shape index (κ2) is 7.28. The normalized spacial score (nSPS) is 25.0. The molecule has 1 fully saturated rings. The molecule has 0 amide bonds. The summed E-state index contributed by atoms with van der Waals surface area (Å²) in [5, 5.41) is 9.99. The van der Waals surface area contributed by atoms with E-state index in [1.807, 2.05) is 0 Å². The smallest absolute Gasteiger partial charge is 0.140 e. The van der Waals surface area contributed by atoms with Crippen LogP contribution in [0, 0.1) is 17.2 Å². The van der Waals surface area contributed by atoms with E-state index in [0.717, 1.165) is 32.5 Å². The third-order valence-corrected chi connectivity index (χ3v) is 5.81. The van der Waals surface area contributed by atoms with Crippen LogP contribution in [0.2, 0.25) is 5.02 Å². The summed E-state index contributed by atoms with van der Waals surface area (Å²) in [6.45, 7) is 2.80. The quantitative estimate of drug-likeness (QED) is 0.897. The molecular weight excluding hydrogens is 346 g/mol. The number of halogens is 1. The molecule has 0 saturated carbocycles. The van der Waals surface area contributed by atoms with E-state index < -0.39 is 0 Å². The first kappa shape index (κ1) is 17.4. The molecule has 2 aliphatic rings. The fourth-order valence-electron chi connectivity index (χ4n) is 4.19. The summed E-state index contributed by atoms with van der Waals surface area (Å²) in [4.78, 5) is 2.50. The van der Waals surface area contributed by atoms with Gasteiger partial charge in [0.2, 0.25) is 0 Å². The van der Waals surface area contributed by atoms with Crippen LogP contribution in [0.1, 0.15) is 29.2 Å². The molecule has 2 N–H and O–H groups in total. The van der Waals surface area contributed by atoms with Gasteiger partial charge >= 0.3 is 0 Å². The van der Waals surface area contributed by atoms with Gasteiger partial charge < -0.3 is 10.5 Å². The Bertz CT molecular complexity index is 847. The molecular formula is C21H22ClN3O. The second-order valence-corrected chi connectivity index (χ2v) is 7.58. The zero-order chi connectivity index (χ0) is 18.1. The summed E-state index contributed by atoms with van der Waals surface area (Å²) in [5.74, 6) is 1.16. The number of likely N-dealkylation sites (tertiary alicyclic amines) is 1. The summed E-state index contributed by atoms with van der Waals surface area (Å²) in [6, 6.07) is 16.1. The van der Waals surface area contributed by atoms with Crippen molar-refractivity contribution in [3.63, 3.8) is 0 Å².